The van der Waals surface area contributed by atoms with Crippen molar-refractivity contribution < 1.29 is 79.2 Å². The topological polar surface area (TPSA) is 507 Å². The molecule has 0 aliphatic heterocycles. The standard InChI is InChI=1S/8C5H11NO2S.CH4S/c8*1-9-3-2-4(6)5(7)8;1-2/h8*4H,2-3,6H2,1H3,(H,7,8);2H,1H3. The fourth-order valence-electron chi connectivity index (χ4n) is 2.95. The summed E-state index contributed by atoms with van der Waals surface area (Å²) >= 11 is 16.4. The van der Waals surface area contributed by atoms with Crippen LogP contribution in [0.25, 0.3) is 0 Å². The van der Waals surface area contributed by atoms with Gasteiger partial charge in [0.15, 0.2) is 0 Å². The van der Waals surface area contributed by atoms with Crippen LogP contribution in [0.3, 0.4) is 0 Å². The maximum absolute atomic E-state index is 10.1. The summed E-state index contributed by atoms with van der Waals surface area (Å²) in [6.45, 7) is 0. The number of nitrogens with two attached hydrogens (primary N) is 8. The van der Waals surface area contributed by atoms with Crippen molar-refractivity contribution in [3.8, 4) is 0 Å². The molecule has 8 unspecified atom stereocenters. The van der Waals surface area contributed by atoms with Gasteiger partial charge in [-0.3, -0.25) is 38.4 Å². The van der Waals surface area contributed by atoms with Gasteiger partial charge in [-0.25, -0.2) is 0 Å². The molecule has 0 spiro atoms. The number of carbonyl (C=O) groups is 8. The summed E-state index contributed by atoms with van der Waals surface area (Å²) in [5, 5.41) is 66.2. The van der Waals surface area contributed by atoms with Crippen molar-refractivity contribution in [3.63, 3.8) is 0 Å². The predicted octanol–water partition coefficient (Wildman–Crippen LogP) is 1.76. The molecule has 0 saturated carbocycles. The monoisotopic (exact) mass is 1240 g/mol. The smallest absolute Gasteiger partial charge is 0.320 e. The molecule has 8 atom stereocenters. The first kappa shape index (κ1) is 92.0. The maximum Gasteiger partial charge on any atom is 0.320 e. The van der Waals surface area contributed by atoms with E-state index in [9.17, 15) is 38.4 Å². The Morgan fingerprint density at radius 1 is 0.257 bits per heavy atom. The van der Waals surface area contributed by atoms with E-state index in [0.29, 0.717) is 51.4 Å². The molecule has 0 bridgehead atoms. The van der Waals surface area contributed by atoms with Gasteiger partial charge in [-0.05, 0) is 154 Å². The van der Waals surface area contributed by atoms with E-state index in [2.05, 4.69) is 12.6 Å². The summed E-state index contributed by atoms with van der Waals surface area (Å²) in [7, 11) is 0. The van der Waals surface area contributed by atoms with E-state index in [1.807, 2.05) is 50.0 Å². The molecular formula is C41H92N8O16S9. The molecule has 0 radical (unpaired) electrons. The average Bonchev–Trinajstić information content (AvgIpc) is 3.36. The Morgan fingerprint density at radius 3 is 0.365 bits per heavy atom. The number of thiol groups is 1. The highest BCUT2D eigenvalue weighted by Crippen LogP contribution is 2.02. The minimum Gasteiger partial charge on any atom is -0.480 e. The molecule has 0 heterocycles. The molecule has 0 aromatic heterocycles. The van der Waals surface area contributed by atoms with E-state index < -0.39 is 96.1 Å². The SMILES string of the molecule is CS.CSCCC(N)C(=O)O.CSCCC(N)C(=O)O.CSCCC(N)C(=O)O.CSCCC(N)C(=O)O.CSCCC(N)C(=O)O.CSCCC(N)C(=O)O.CSCCC(N)C(=O)O.CSCCC(N)C(=O)O. The zero-order chi connectivity index (χ0) is 60.2. The number of hydrogen-bond acceptors (Lipinski definition) is 25. The Kier molecular flexibility index (Phi) is 89.0. The summed E-state index contributed by atoms with van der Waals surface area (Å²) < 4.78 is 0. The van der Waals surface area contributed by atoms with Crippen LogP contribution in [0, 0.1) is 0 Å². The van der Waals surface area contributed by atoms with Crippen molar-refractivity contribution in [2.45, 2.75) is 99.7 Å². The summed E-state index contributed by atoms with van der Waals surface area (Å²) in [5.41, 5.74) is 41.5. The average molecular weight is 1240 g/mol. The van der Waals surface area contributed by atoms with Gasteiger partial charge >= 0.3 is 47.8 Å². The van der Waals surface area contributed by atoms with Gasteiger partial charge in [-0.1, -0.05) is 0 Å². The Hall–Kier alpha value is -1.41. The minimum atomic E-state index is -0.913. The first-order valence-corrected chi connectivity index (χ1v) is 33.7. The van der Waals surface area contributed by atoms with Crippen LogP contribution < -0.4 is 45.9 Å². The van der Waals surface area contributed by atoms with Crippen LogP contribution in [0.1, 0.15) is 51.4 Å². The van der Waals surface area contributed by atoms with Crippen molar-refractivity contribution in [1.29, 1.82) is 0 Å². The van der Waals surface area contributed by atoms with Gasteiger partial charge in [0.05, 0.1) is 0 Å². The Morgan fingerprint density at radius 2 is 0.324 bits per heavy atom. The molecule has 0 fully saturated rings. The third-order valence-electron chi connectivity index (χ3n) is 7.60. The zero-order valence-electron chi connectivity index (χ0n) is 44.1. The van der Waals surface area contributed by atoms with Crippen LogP contribution in [-0.2, 0) is 38.4 Å². The molecule has 33 heteroatoms. The Balaban J connectivity index is -0.0000000927. The molecule has 0 aromatic rings. The number of carboxylic acid groups (broad SMARTS) is 8. The molecule has 0 aromatic carbocycles. The van der Waals surface area contributed by atoms with Crippen LogP contribution in [0.15, 0.2) is 0 Å². The van der Waals surface area contributed by atoms with E-state index in [4.69, 9.17) is 86.7 Å². The normalized spacial score (nSPS) is 12.8. The highest BCUT2D eigenvalue weighted by Gasteiger charge is 2.13. The fourth-order valence-corrected chi connectivity index (χ4v) is 6.86. The molecule has 0 rings (SSSR count). The number of carboxylic acids is 8. The maximum atomic E-state index is 10.1. The number of aliphatic carboxylic acids is 8. The lowest BCUT2D eigenvalue weighted by molar-refractivity contribution is -0.139. The molecule has 24 nitrogen and oxygen atoms in total. The number of thioether (sulfide) groups is 8. The van der Waals surface area contributed by atoms with Crippen molar-refractivity contribution in [1.82, 2.24) is 0 Å². The van der Waals surface area contributed by atoms with Crippen LogP contribution >= 0.6 is 107 Å². The van der Waals surface area contributed by atoms with Gasteiger partial charge in [0.25, 0.3) is 0 Å². The van der Waals surface area contributed by atoms with Crippen molar-refractivity contribution in [2.75, 3.05) is 102 Å². The van der Waals surface area contributed by atoms with E-state index in [-0.39, 0.29) is 0 Å². The number of hydrogen-bond donors (Lipinski definition) is 17. The molecule has 0 aliphatic rings. The summed E-state index contributed by atoms with van der Waals surface area (Å²) in [6.07, 6.45) is 21.5. The molecule has 0 amide bonds. The first-order chi connectivity index (χ1) is 34.4. The second kappa shape index (κ2) is 71.6. The molecule has 446 valence electrons. The van der Waals surface area contributed by atoms with Crippen molar-refractivity contribution in [3.05, 3.63) is 0 Å². The Labute approximate surface area is 478 Å². The van der Waals surface area contributed by atoms with Gasteiger partial charge in [0.1, 0.15) is 48.3 Å². The van der Waals surface area contributed by atoms with E-state index in [1.165, 1.54) is 0 Å². The van der Waals surface area contributed by atoms with Crippen LogP contribution in [0.2, 0.25) is 0 Å². The molecule has 0 saturated heterocycles. The second-order valence-corrected chi connectivity index (χ2v) is 21.7. The lowest BCUT2D eigenvalue weighted by Gasteiger charge is -2.02. The van der Waals surface area contributed by atoms with Crippen molar-refractivity contribution >= 4 is 154 Å². The van der Waals surface area contributed by atoms with Crippen molar-refractivity contribution in [2.24, 2.45) is 45.9 Å². The predicted molar refractivity (Wildman–Crippen MR) is 324 cm³/mol. The Bertz CT molecular complexity index is 1070. The van der Waals surface area contributed by atoms with Gasteiger partial charge in [-0.2, -0.15) is 107 Å². The van der Waals surface area contributed by atoms with E-state index >= 15 is 0 Å². The number of rotatable bonds is 32. The van der Waals surface area contributed by atoms with E-state index in [0.717, 1.165) is 46.0 Å². The minimum absolute atomic E-state index is 0.552. The summed E-state index contributed by atoms with van der Waals surface area (Å²) in [4.78, 5) is 80.6. The fraction of sp³-hybridized carbons (Fsp3) is 0.805. The summed E-state index contributed by atoms with van der Waals surface area (Å²) in [6, 6.07) is -5.46. The third-order valence-corrected chi connectivity index (χ3v) is 12.8. The largest absolute Gasteiger partial charge is 0.480 e. The lowest BCUT2D eigenvalue weighted by Crippen LogP contribution is -2.30. The zero-order valence-corrected chi connectivity index (χ0v) is 51.5. The highest BCUT2D eigenvalue weighted by molar-refractivity contribution is 7.99. The molecular weight excluding hydrogens is 1150 g/mol. The van der Waals surface area contributed by atoms with Gasteiger partial charge in [0.2, 0.25) is 0 Å². The molecule has 0 aliphatic carbocycles. The van der Waals surface area contributed by atoms with E-state index in [1.54, 1.807) is 100 Å². The highest BCUT2D eigenvalue weighted by atomic mass is 32.2. The second-order valence-electron chi connectivity index (χ2n) is 13.8. The van der Waals surface area contributed by atoms with Crippen LogP contribution in [0.4, 0.5) is 0 Å². The quantitative estimate of drug-likeness (QED) is 0.0427. The third kappa shape index (κ3) is 87.3. The first-order valence-electron chi connectivity index (χ1n) is 21.7. The molecule has 74 heavy (non-hydrogen) atoms. The lowest BCUT2D eigenvalue weighted by atomic mass is 10.2. The molecule has 24 N–H and O–H groups in total. The summed E-state index contributed by atoms with van der Waals surface area (Å²) in [5.74, 6) is -0.800. The van der Waals surface area contributed by atoms with Gasteiger partial charge in [-0.15, -0.1) is 0 Å². The van der Waals surface area contributed by atoms with Crippen LogP contribution in [0.5, 0.6) is 0 Å². The van der Waals surface area contributed by atoms with Crippen LogP contribution in [-0.4, -0.2) is 239 Å². The van der Waals surface area contributed by atoms with Gasteiger partial charge < -0.3 is 86.7 Å². The van der Waals surface area contributed by atoms with Gasteiger partial charge in [0, 0.05) is 0 Å².